The van der Waals surface area contributed by atoms with Gasteiger partial charge in [0.25, 0.3) is 0 Å². The van der Waals surface area contributed by atoms with E-state index in [2.05, 4.69) is 15.9 Å². The molecule has 64 valence electrons. The number of ketones is 1. The topological polar surface area (TPSA) is 17.1 Å². The normalized spacial score (nSPS) is 10.0. The van der Waals surface area contributed by atoms with Crippen molar-refractivity contribution in [1.82, 2.24) is 0 Å². The van der Waals surface area contributed by atoms with Crippen molar-refractivity contribution in [3.63, 3.8) is 0 Å². The number of carbonyl (C=O) groups is 1. The van der Waals surface area contributed by atoms with E-state index in [4.69, 9.17) is 11.6 Å². The molecule has 0 aliphatic carbocycles. The second-order valence-electron chi connectivity index (χ2n) is 2.64. The summed E-state index contributed by atoms with van der Waals surface area (Å²) >= 11 is 9.22. The van der Waals surface area contributed by atoms with Gasteiger partial charge in [-0.3, -0.25) is 4.79 Å². The van der Waals surface area contributed by atoms with Crippen LogP contribution in [0.25, 0.3) is 0 Å². The summed E-state index contributed by atoms with van der Waals surface area (Å²) in [5, 5.41) is 0.547. The van der Waals surface area contributed by atoms with Gasteiger partial charge in [0, 0.05) is 10.0 Å². The Morgan fingerprint density at radius 2 is 2.08 bits per heavy atom. The summed E-state index contributed by atoms with van der Waals surface area (Å²) in [6.45, 7) is 3.38. The van der Waals surface area contributed by atoms with Crippen molar-refractivity contribution in [2.24, 2.45) is 0 Å². The third-order valence-corrected chi connectivity index (χ3v) is 2.56. The van der Waals surface area contributed by atoms with Crippen molar-refractivity contribution in [2.45, 2.75) is 13.8 Å². The van der Waals surface area contributed by atoms with Crippen LogP contribution in [0.1, 0.15) is 22.8 Å². The van der Waals surface area contributed by atoms with E-state index in [1.807, 2.05) is 13.0 Å². The molecule has 0 unspecified atom stereocenters. The zero-order valence-electron chi connectivity index (χ0n) is 6.82. The average Bonchev–Trinajstić information content (AvgIpc) is 1.96. The van der Waals surface area contributed by atoms with Gasteiger partial charge in [0.05, 0.1) is 5.02 Å². The summed E-state index contributed by atoms with van der Waals surface area (Å²) in [6, 6.07) is 3.62. The lowest BCUT2D eigenvalue weighted by Gasteiger charge is -2.03. The van der Waals surface area contributed by atoms with E-state index in [1.165, 1.54) is 6.92 Å². The Morgan fingerprint density at radius 1 is 1.50 bits per heavy atom. The monoisotopic (exact) mass is 246 g/mol. The highest BCUT2D eigenvalue weighted by Gasteiger charge is 2.08. The molecule has 0 aliphatic rings. The van der Waals surface area contributed by atoms with Gasteiger partial charge >= 0.3 is 0 Å². The summed E-state index contributed by atoms with van der Waals surface area (Å²) in [5.41, 5.74) is 1.49. The van der Waals surface area contributed by atoms with Crippen molar-refractivity contribution >= 4 is 33.3 Å². The molecule has 12 heavy (non-hydrogen) atoms. The molecule has 0 atom stereocenters. The molecule has 0 spiro atoms. The number of Topliss-reactive ketones (excluding diaryl/α,β-unsaturated/α-hetero) is 1. The zero-order valence-corrected chi connectivity index (χ0v) is 9.16. The van der Waals surface area contributed by atoms with Crippen LogP contribution < -0.4 is 0 Å². The molecule has 1 nitrogen and oxygen atoms in total. The zero-order chi connectivity index (χ0) is 9.30. The van der Waals surface area contributed by atoms with Crippen LogP contribution >= 0.6 is 27.5 Å². The van der Waals surface area contributed by atoms with E-state index in [0.29, 0.717) is 10.6 Å². The van der Waals surface area contributed by atoms with E-state index in [1.54, 1.807) is 6.07 Å². The van der Waals surface area contributed by atoms with Gasteiger partial charge in [-0.2, -0.15) is 0 Å². The first-order chi connectivity index (χ1) is 5.52. The maximum absolute atomic E-state index is 11.1. The smallest absolute Gasteiger partial charge is 0.161 e. The number of benzene rings is 1. The first-order valence-electron chi connectivity index (χ1n) is 3.49. The molecule has 0 aliphatic heterocycles. The lowest BCUT2D eigenvalue weighted by Crippen LogP contribution is -1.94. The Hall–Kier alpha value is -0.340. The van der Waals surface area contributed by atoms with Crippen molar-refractivity contribution in [3.8, 4) is 0 Å². The molecule has 3 heteroatoms. The fraction of sp³-hybridized carbons (Fsp3) is 0.222. The minimum absolute atomic E-state index is 0.00981. The van der Waals surface area contributed by atoms with Gasteiger partial charge in [-0.25, -0.2) is 0 Å². The predicted octanol–water partition coefficient (Wildman–Crippen LogP) is 3.61. The molecular formula is C9H8BrClO. The van der Waals surface area contributed by atoms with E-state index in [9.17, 15) is 4.79 Å². The lowest BCUT2D eigenvalue weighted by atomic mass is 10.1. The standard InChI is InChI=1S/C9H8BrClO/c1-5-3-7(10)4-8(6(2)12)9(5)11/h3-4H,1-2H3. The van der Waals surface area contributed by atoms with Crippen molar-refractivity contribution in [1.29, 1.82) is 0 Å². The Bertz CT molecular complexity index is 334. The summed E-state index contributed by atoms with van der Waals surface area (Å²) in [7, 11) is 0. The van der Waals surface area contributed by atoms with Gasteiger partial charge in [0.2, 0.25) is 0 Å². The van der Waals surface area contributed by atoms with Crippen molar-refractivity contribution < 1.29 is 4.79 Å². The maximum Gasteiger partial charge on any atom is 0.161 e. The Labute approximate surface area is 84.9 Å². The molecule has 0 amide bonds. The number of rotatable bonds is 1. The number of halogens is 2. The third-order valence-electron chi connectivity index (χ3n) is 1.60. The lowest BCUT2D eigenvalue weighted by molar-refractivity contribution is 0.101. The Kier molecular flexibility index (Phi) is 2.91. The van der Waals surface area contributed by atoms with Gasteiger partial charge in [-0.05, 0) is 31.5 Å². The van der Waals surface area contributed by atoms with Crippen molar-refractivity contribution in [2.75, 3.05) is 0 Å². The second-order valence-corrected chi connectivity index (χ2v) is 3.93. The predicted molar refractivity (Wildman–Crippen MR) is 53.9 cm³/mol. The van der Waals surface area contributed by atoms with Crippen LogP contribution in [0.5, 0.6) is 0 Å². The van der Waals surface area contributed by atoms with E-state index in [-0.39, 0.29) is 5.78 Å². The highest BCUT2D eigenvalue weighted by molar-refractivity contribution is 9.10. The van der Waals surface area contributed by atoms with Crippen LogP contribution in [0.2, 0.25) is 5.02 Å². The van der Waals surface area contributed by atoms with Crippen LogP contribution in [0.3, 0.4) is 0 Å². The first-order valence-corrected chi connectivity index (χ1v) is 4.66. The van der Waals surface area contributed by atoms with Crippen LogP contribution in [0, 0.1) is 6.92 Å². The SMILES string of the molecule is CC(=O)c1cc(Br)cc(C)c1Cl. The molecule has 0 aromatic heterocycles. The highest BCUT2D eigenvalue weighted by Crippen LogP contribution is 2.25. The molecule has 1 aromatic carbocycles. The van der Waals surface area contributed by atoms with E-state index < -0.39 is 0 Å². The van der Waals surface area contributed by atoms with Gasteiger partial charge < -0.3 is 0 Å². The van der Waals surface area contributed by atoms with E-state index in [0.717, 1.165) is 10.0 Å². The molecule has 0 N–H and O–H groups in total. The third kappa shape index (κ3) is 1.87. The molecule has 1 aromatic rings. The average molecular weight is 248 g/mol. The molecular weight excluding hydrogens is 239 g/mol. The molecule has 0 saturated carbocycles. The van der Waals surface area contributed by atoms with Gasteiger partial charge in [-0.15, -0.1) is 0 Å². The van der Waals surface area contributed by atoms with Crippen LogP contribution in [0.4, 0.5) is 0 Å². The summed E-state index contributed by atoms with van der Waals surface area (Å²) in [6.07, 6.45) is 0. The molecule has 0 heterocycles. The first kappa shape index (κ1) is 9.75. The largest absolute Gasteiger partial charge is 0.294 e. The van der Waals surface area contributed by atoms with Gasteiger partial charge in [0.15, 0.2) is 5.78 Å². The Balaban J connectivity index is 3.37. The summed E-state index contributed by atoms with van der Waals surface area (Å²) < 4.78 is 0.884. The van der Waals surface area contributed by atoms with Crippen LogP contribution in [-0.2, 0) is 0 Å². The molecule has 1 rings (SSSR count). The number of carbonyl (C=O) groups excluding carboxylic acids is 1. The van der Waals surface area contributed by atoms with E-state index >= 15 is 0 Å². The van der Waals surface area contributed by atoms with Gasteiger partial charge in [-0.1, -0.05) is 27.5 Å². The molecule has 0 saturated heterocycles. The summed E-state index contributed by atoms with van der Waals surface area (Å²) in [4.78, 5) is 11.1. The maximum atomic E-state index is 11.1. The molecule has 0 radical (unpaired) electrons. The minimum atomic E-state index is -0.00981. The van der Waals surface area contributed by atoms with Crippen molar-refractivity contribution in [3.05, 3.63) is 32.8 Å². The number of hydrogen-bond acceptors (Lipinski definition) is 1. The van der Waals surface area contributed by atoms with Gasteiger partial charge in [0.1, 0.15) is 0 Å². The second kappa shape index (κ2) is 3.58. The highest BCUT2D eigenvalue weighted by atomic mass is 79.9. The fourth-order valence-electron chi connectivity index (χ4n) is 0.982. The summed E-state index contributed by atoms with van der Waals surface area (Å²) in [5.74, 6) is -0.00981. The molecule has 0 fully saturated rings. The number of aryl methyl sites for hydroxylation is 1. The molecule has 0 bridgehead atoms. The fourth-order valence-corrected chi connectivity index (χ4v) is 1.80. The minimum Gasteiger partial charge on any atom is -0.294 e. The quantitative estimate of drug-likeness (QED) is 0.693. The van der Waals surface area contributed by atoms with Crippen LogP contribution in [0.15, 0.2) is 16.6 Å². The Morgan fingerprint density at radius 3 is 2.58 bits per heavy atom. The number of hydrogen-bond donors (Lipinski definition) is 0. The van der Waals surface area contributed by atoms with Crippen LogP contribution in [-0.4, -0.2) is 5.78 Å².